The number of guanidine groups is 1. The third kappa shape index (κ3) is 5.09. The summed E-state index contributed by atoms with van der Waals surface area (Å²) in [5.74, 6) is 1.73. The van der Waals surface area contributed by atoms with Gasteiger partial charge in [0.25, 0.3) is 0 Å². The van der Waals surface area contributed by atoms with Gasteiger partial charge in [0.2, 0.25) is 0 Å². The van der Waals surface area contributed by atoms with E-state index in [9.17, 15) is 8.42 Å². The van der Waals surface area contributed by atoms with Crippen LogP contribution in [0, 0.1) is 11.3 Å². The highest BCUT2D eigenvalue weighted by Gasteiger charge is 2.34. The molecule has 6 nitrogen and oxygen atoms in total. The van der Waals surface area contributed by atoms with Crippen LogP contribution in [0.3, 0.4) is 0 Å². The lowest BCUT2D eigenvalue weighted by Crippen LogP contribution is -2.44. The minimum atomic E-state index is -2.83. The SMILES string of the molecule is CCC1(C)CCN(C(=NCC2CCS(=O)(=O)C2)NCC2CCCO2)C1. The van der Waals surface area contributed by atoms with E-state index in [1.165, 1.54) is 12.8 Å². The van der Waals surface area contributed by atoms with Crippen molar-refractivity contribution >= 4 is 15.8 Å². The molecule has 7 heteroatoms. The molecule has 3 fully saturated rings. The van der Waals surface area contributed by atoms with E-state index in [0.717, 1.165) is 51.5 Å². The summed E-state index contributed by atoms with van der Waals surface area (Å²) < 4.78 is 29.1. The van der Waals surface area contributed by atoms with Crippen LogP contribution in [0.1, 0.15) is 46.0 Å². The Balaban J connectivity index is 1.62. The van der Waals surface area contributed by atoms with Crippen molar-refractivity contribution in [2.75, 3.05) is 44.3 Å². The Morgan fingerprint density at radius 1 is 1.40 bits per heavy atom. The monoisotopic (exact) mass is 371 g/mol. The maximum absolute atomic E-state index is 11.7. The summed E-state index contributed by atoms with van der Waals surface area (Å²) in [7, 11) is -2.83. The number of ether oxygens (including phenoxy) is 1. The normalized spacial score (nSPS) is 35.4. The summed E-state index contributed by atoms with van der Waals surface area (Å²) in [5, 5.41) is 3.51. The van der Waals surface area contributed by atoms with Crippen LogP contribution in [0.25, 0.3) is 0 Å². The maximum atomic E-state index is 11.7. The summed E-state index contributed by atoms with van der Waals surface area (Å²) in [6.45, 7) is 8.89. The Kier molecular flexibility index (Phi) is 5.93. The second-order valence-corrected chi connectivity index (χ2v) is 10.5. The summed E-state index contributed by atoms with van der Waals surface area (Å²) in [6.07, 6.45) is 5.62. The second kappa shape index (κ2) is 7.82. The average molecular weight is 372 g/mol. The highest BCUT2D eigenvalue weighted by Crippen LogP contribution is 2.33. The van der Waals surface area contributed by atoms with Crippen LogP contribution in [0.5, 0.6) is 0 Å². The molecular formula is C18H33N3O3S. The molecule has 3 aliphatic rings. The Labute approximate surface area is 152 Å². The molecule has 0 aliphatic carbocycles. The molecule has 3 unspecified atom stereocenters. The Morgan fingerprint density at radius 2 is 2.24 bits per heavy atom. The molecule has 1 N–H and O–H groups in total. The van der Waals surface area contributed by atoms with Crippen LogP contribution < -0.4 is 5.32 Å². The fourth-order valence-electron chi connectivity index (χ4n) is 4.00. The van der Waals surface area contributed by atoms with Crippen molar-refractivity contribution in [1.82, 2.24) is 10.2 Å². The number of sulfone groups is 1. The highest BCUT2D eigenvalue weighted by molar-refractivity contribution is 7.91. The molecule has 0 aromatic carbocycles. The van der Waals surface area contributed by atoms with Crippen molar-refractivity contribution < 1.29 is 13.2 Å². The number of likely N-dealkylation sites (tertiary alicyclic amines) is 1. The molecule has 3 atom stereocenters. The van der Waals surface area contributed by atoms with Gasteiger partial charge >= 0.3 is 0 Å². The van der Waals surface area contributed by atoms with Gasteiger partial charge in [0.1, 0.15) is 0 Å². The first kappa shape index (κ1) is 19.0. The number of hydrogen-bond donors (Lipinski definition) is 1. The zero-order valence-electron chi connectivity index (χ0n) is 15.7. The number of rotatable bonds is 5. The van der Waals surface area contributed by atoms with Crippen molar-refractivity contribution in [3.8, 4) is 0 Å². The van der Waals surface area contributed by atoms with Crippen molar-refractivity contribution in [3.63, 3.8) is 0 Å². The molecule has 3 rings (SSSR count). The summed E-state index contributed by atoms with van der Waals surface area (Å²) >= 11 is 0. The summed E-state index contributed by atoms with van der Waals surface area (Å²) in [5.41, 5.74) is 0.350. The lowest BCUT2D eigenvalue weighted by atomic mass is 9.87. The first-order chi connectivity index (χ1) is 11.9. The van der Waals surface area contributed by atoms with E-state index in [4.69, 9.17) is 9.73 Å². The molecule has 3 heterocycles. The largest absolute Gasteiger partial charge is 0.376 e. The van der Waals surface area contributed by atoms with Crippen LogP contribution in [0.15, 0.2) is 4.99 Å². The fourth-order valence-corrected chi connectivity index (χ4v) is 5.85. The van der Waals surface area contributed by atoms with E-state index in [0.29, 0.717) is 23.5 Å². The molecule has 0 bridgehead atoms. The van der Waals surface area contributed by atoms with Crippen LogP contribution in [0.4, 0.5) is 0 Å². The standard InChI is InChI=1S/C18H33N3O3S/c1-3-18(2)7-8-21(14-18)17(20-12-16-5-4-9-24-16)19-11-15-6-10-25(22,23)13-15/h15-16H,3-14H2,1-2H3,(H,19,20). The van der Waals surface area contributed by atoms with Crippen molar-refractivity contribution in [1.29, 1.82) is 0 Å². The van der Waals surface area contributed by atoms with E-state index in [1.807, 2.05) is 0 Å². The van der Waals surface area contributed by atoms with Gasteiger partial charge < -0.3 is 15.0 Å². The third-order valence-electron chi connectivity index (χ3n) is 6.05. The smallest absolute Gasteiger partial charge is 0.194 e. The van der Waals surface area contributed by atoms with E-state index in [-0.39, 0.29) is 12.0 Å². The number of nitrogens with one attached hydrogen (secondary N) is 1. The Hall–Kier alpha value is -0.820. The van der Waals surface area contributed by atoms with Crippen LogP contribution in [-0.4, -0.2) is 69.7 Å². The minimum Gasteiger partial charge on any atom is -0.376 e. The van der Waals surface area contributed by atoms with Crippen molar-refractivity contribution in [2.24, 2.45) is 16.3 Å². The van der Waals surface area contributed by atoms with Crippen molar-refractivity contribution in [3.05, 3.63) is 0 Å². The van der Waals surface area contributed by atoms with Gasteiger partial charge in [-0.2, -0.15) is 0 Å². The van der Waals surface area contributed by atoms with Gasteiger partial charge in [-0.3, -0.25) is 4.99 Å². The number of hydrogen-bond acceptors (Lipinski definition) is 4. The first-order valence-electron chi connectivity index (χ1n) is 9.74. The van der Waals surface area contributed by atoms with E-state index in [1.54, 1.807) is 0 Å². The quantitative estimate of drug-likeness (QED) is 0.588. The fraction of sp³-hybridized carbons (Fsp3) is 0.944. The van der Waals surface area contributed by atoms with Gasteiger partial charge in [-0.05, 0) is 43.4 Å². The number of aliphatic imine (C=N–C) groups is 1. The second-order valence-electron chi connectivity index (χ2n) is 8.29. The van der Waals surface area contributed by atoms with Gasteiger partial charge in [0.05, 0.1) is 17.6 Å². The summed E-state index contributed by atoms with van der Waals surface area (Å²) in [4.78, 5) is 7.17. The van der Waals surface area contributed by atoms with E-state index >= 15 is 0 Å². The third-order valence-corrected chi connectivity index (χ3v) is 7.89. The Bertz CT molecular complexity index is 586. The van der Waals surface area contributed by atoms with Crippen LogP contribution in [-0.2, 0) is 14.6 Å². The lowest BCUT2D eigenvalue weighted by molar-refractivity contribution is 0.113. The number of nitrogens with zero attached hydrogens (tertiary/aromatic N) is 2. The lowest BCUT2D eigenvalue weighted by Gasteiger charge is -2.26. The van der Waals surface area contributed by atoms with Crippen molar-refractivity contribution in [2.45, 2.75) is 52.1 Å². The zero-order valence-corrected chi connectivity index (χ0v) is 16.5. The summed E-state index contributed by atoms with van der Waals surface area (Å²) in [6, 6.07) is 0. The van der Waals surface area contributed by atoms with Gasteiger partial charge in [-0.15, -0.1) is 0 Å². The molecule has 144 valence electrons. The molecule has 0 amide bonds. The maximum Gasteiger partial charge on any atom is 0.194 e. The molecule has 3 aliphatic heterocycles. The van der Waals surface area contributed by atoms with Gasteiger partial charge in [-0.25, -0.2) is 8.42 Å². The van der Waals surface area contributed by atoms with Gasteiger partial charge in [0, 0.05) is 32.8 Å². The molecule has 0 spiro atoms. The molecule has 0 aromatic heterocycles. The predicted molar refractivity (Wildman–Crippen MR) is 101 cm³/mol. The average Bonchev–Trinajstić information content (AvgIpc) is 3.29. The first-order valence-corrected chi connectivity index (χ1v) is 11.6. The van der Waals surface area contributed by atoms with E-state index < -0.39 is 9.84 Å². The van der Waals surface area contributed by atoms with Crippen LogP contribution >= 0.6 is 0 Å². The molecule has 3 saturated heterocycles. The Morgan fingerprint density at radius 3 is 2.84 bits per heavy atom. The topological polar surface area (TPSA) is 71.0 Å². The van der Waals surface area contributed by atoms with Crippen LogP contribution in [0.2, 0.25) is 0 Å². The minimum absolute atomic E-state index is 0.171. The van der Waals surface area contributed by atoms with Gasteiger partial charge in [0.15, 0.2) is 15.8 Å². The molecule has 0 aromatic rings. The highest BCUT2D eigenvalue weighted by atomic mass is 32.2. The zero-order chi connectivity index (χ0) is 17.9. The van der Waals surface area contributed by atoms with Gasteiger partial charge in [-0.1, -0.05) is 13.8 Å². The van der Waals surface area contributed by atoms with E-state index in [2.05, 4.69) is 24.1 Å². The molecular weight excluding hydrogens is 338 g/mol. The predicted octanol–water partition coefficient (Wildman–Crippen LogP) is 1.67. The molecule has 0 radical (unpaired) electrons. The molecule has 25 heavy (non-hydrogen) atoms. The molecule has 0 saturated carbocycles.